The Morgan fingerprint density at radius 2 is 1.62 bits per heavy atom. The van der Waals surface area contributed by atoms with Crippen molar-refractivity contribution < 1.29 is 9.59 Å². The normalized spacial score (nSPS) is 10.7. The second kappa shape index (κ2) is 11.5. The highest BCUT2D eigenvalue weighted by molar-refractivity contribution is 6.42. The lowest BCUT2D eigenvalue weighted by molar-refractivity contribution is -0.116. The number of aromatic nitrogens is 2. The molecule has 1 heterocycles. The molecular formula is C28H27Cl2N5O2. The van der Waals surface area contributed by atoms with Crippen LogP contribution < -0.4 is 10.6 Å². The molecule has 0 bridgehead atoms. The number of benzene rings is 3. The Balaban J connectivity index is 1.61. The van der Waals surface area contributed by atoms with Gasteiger partial charge < -0.3 is 15.5 Å². The second-order valence-electron chi connectivity index (χ2n) is 8.49. The van der Waals surface area contributed by atoms with E-state index in [9.17, 15) is 9.59 Å². The molecule has 7 nitrogen and oxygen atoms in total. The summed E-state index contributed by atoms with van der Waals surface area (Å²) in [6, 6.07) is 22.0. The Hall–Kier alpha value is -3.81. The summed E-state index contributed by atoms with van der Waals surface area (Å²) in [5, 5.41) is 11.3. The summed E-state index contributed by atoms with van der Waals surface area (Å²) in [6.45, 7) is 5.87. The molecule has 190 valence electrons. The molecule has 3 amide bonds. The molecule has 0 aliphatic rings. The highest BCUT2D eigenvalue weighted by Crippen LogP contribution is 2.34. The summed E-state index contributed by atoms with van der Waals surface area (Å²) >= 11 is 12.0. The van der Waals surface area contributed by atoms with Gasteiger partial charge in [-0.05, 0) is 56.2 Å². The Morgan fingerprint density at radius 1 is 0.919 bits per heavy atom. The quantitative estimate of drug-likeness (QED) is 0.268. The molecule has 37 heavy (non-hydrogen) atoms. The van der Waals surface area contributed by atoms with Crippen LogP contribution in [0.25, 0.3) is 16.8 Å². The first-order chi connectivity index (χ1) is 17.8. The maximum Gasteiger partial charge on any atom is 0.322 e. The number of hydrogen-bond acceptors (Lipinski definition) is 3. The average molecular weight is 536 g/mol. The molecule has 0 unspecified atom stereocenters. The smallest absolute Gasteiger partial charge is 0.315 e. The monoisotopic (exact) mass is 535 g/mol. The molecule has 0 saturated carbocycles. The summed E-state index contributed by atoms with van der Waals surface area (Å²) in [4.78, 5) is 27.6. The van der Waals surface area contributed by atoms with E-state index in [2.05, 4.69) is 10.6 Å². The molecule has 0 aliphatic carbocycles. The lowest BCUT2D eigenvalue weighted by atomic mass is 10.1. The number of aryl methyl sites for hydroxylation is 2. The minimum Gasteiger partial charge on any atom is -0.315 e. The zero-order valence-electron chi connectivity index (χ0n) is 20.8. The van der Waals surface area contributed by atoms with Crippen molar-refractivity contribution in [2.45, 2.75) is 20.8 Å². The van der Waals surface area contributed by atoms with E-state index in [1.807, 2.05) is 68.4 Å². The Morgan fingerprint density at radius 3 is 2.30 bits per heavy atom. The van der Waals surface area contributed by atoms with Gasteiger partial charge in [0.25, 0.3) is 0 Å². The van der Waals surface area contributed by atoms with Gasteiger partial charge in [0.05, 0.1) is 21.4 Å². The molecular weight excluding hydrogens is 509 g/mol. The van der Waals surface area contributed by atoms with Gasteiger partial charge in [-0.2, -0.15) is 5.10 Å². The topological polar surface area (TPSA) is 79.3 Å². The van der Waals surface area contributed by atoms with E-state index in [-0.39, 0.29) is 12.5 Å². The number of amides is 3. The molecule has 3 aromatic carbocycles. The van der Waals surface area contributed by atoms with Crippen molar-refractivity contribution >= 4 is 46.6 Å². The van der Waals surface area contributed by atoms with Crippen LogP contribution in [0.4, 0.5) is 16.3 Å². The van der Waals surface area contributed by atoms with E-state index >= 15 is 0 Å². The van der Waals surface area contributed by atoms with Gasteiger partial charge in [-0.25, -0.2) is 9.48 Å². The summed E-state index contributed by atoms with van der Waals surface area (Å²) < 4.78 is 1.75. The zero-order valence-corrected chi connectivity index (χ0v) is 22.3. The van der Waals surface area contributed by atoms with Crippen LogP contribution in [0.2, 0.25) is 10.0 Å². The van der Waals surface area contributed by atoms with Gasteiger partial charge in [-0.3, -0.25) is 4.79 Å². The first-order valence-electron chi connectivity index (χ1n) is 11.8. The molecule has 4 aromatic rings. The van der Waals surface area contributed by atoms with Crippen LogP contribution in [0.1, 0.15) is 18.2 Å². The van der Waals surface area contributed by atoms with Gasteiger partial charge in [0.15, 0.2) is 0 Å². The number of carbonyl (C=O) groups is 2. The highest BCUT2D eigenvalue weighted by Gasteiger charge is 2.23. The Labute approximate surface area is 226 Å². The number of anilines is 2. The number of rotatable bonds is 7. The van der Waals surface area contributed by atoms with Crippen molar-refractivity contribution in [2.24, 2.45) is 0 Å². The van der Waals surface area contributed by atoms with Gasteiger partial charge in [0, 0.05) is 17.8 Å². The van der Waals surface area contributed by atoms with E-state index in [4.69, 9.17) is 28.3 Å². The third kappa shape index (κ3) is 5.96. The van der Waals surface area contributed by atoms with Crippen molar-refractivity contribution in [3.63, 3.8) is 0 Å². The lowest BCUT2D eigenvalue weighted by Gasteiger charge is -2.21. The standard InChI is InChI=1S/C28H27Cl2N5O2/c1-4-34(28(37)31-21-14-15-22(29)23(30)16-21)17-25(36)32-27-26(20-11-6-5-7-12-20)19(3)33-35(27)24-13-9-8-10-18(24)2/h5-16H,4,17H2,1-3H3,(H,31,37)(H,32,36). The Bertz CT molecular complexity index is 1440. The molecule has 0 fully saturated rings. The number of hydrogen-bond donors (Lipinski definition) is 2. The maximum absolute atomic E-state index is 13.3. The third-order valence-corrected chi connectivity index (χ3v) is 6.64. The summed E-state index contributed by atoms with van der Waals surface area (Å²) in [5.41, 5.74) is 4.87. The third-order valence-electron chi connectivity index (χ3n) is 5.90. The zero-order chi connectivity index (χ0) is 26.5. The van der Waals surface area contributed by atoms with Crippen LogP contribution in [0.3, 0.4) is 0 Å². The van der Waals surface area contributed by atoms with Crippen molar-refractivity contribution in [1.82, 2.24) is 14.7 Å². The molecule has 9 heteroatoms. The SMILES string of the molecule is CCN(CC(=O)Nc1c(-c2ccccc2)c(C)nn1-c1ccccc1C)C(=O)Nc1ccc(Cl)c(Cl)c1. The van der Waals surface area contributed by atoms with Gasteiger partial charge in [-0.1, -0.05) is 71.7 Å². The van der Waals surface area contributed by atoms with Crippen LogP contribution in [0, 0.1) is 13.8 Å². The van der Waals surface area contributed by atoms with E-state index in [1.165, 1.54) is 4.90 Å². The second-order valence-corrected chi connectivity index (χ2v) is 9.31. The van der Waals surface area contributed by atoms with Crippen LogP contribution in [0.5, 0.6) is 0 Å². The van der Waals surface area contributed by atoms with E-state index in [0.29, 0.717) is 28.1 Å². The highest BCUT2D eigenvalue weighted by atomic mass is 35.5. The maximum atomic E-state index is 13.3. The first-order valence-corrected chi connectivity index (χ1v) is 12.6. The molecule has 0 atom stereocenters. The predicted octanol–water partition coefficient (Wildman–Crippen LogP) is 6.96. The number of likely N-dealkylation sites (N-methyl/N-ethyl adjacent to an activating group) is 1. The number of nitrogens with one attached hydrogen (secondary N) is 2. The van der Waals surface area contributed by atoms with Gasteiger partial charge in [-0.15, -0.1) is 0 Å². The number of para-hydroxylation sites is 1. The molecule has 2 N–H and O–H groups in total. The fourth-order valence-corrected chi connectivity index (χ4v) is 4.32. The van der Waals surface area contributed by atoms with Crippen molar-refractivity contribution in [3.05, 3.63) is 94.1 Å². The first kappa shape index (κ1) is 26.3. The van der Waals surface area contributed by atoms with Gasteiger partial charge in [0.1, 0.15) is 12.4 Å². The minimum atomic E-state index is -0.428. The number of urea groups is 1. The lowest BCUT2D eigenvalue weighted by Crippen LogP contribution is -2.40. The fraction of sp³-hybridized carbons (Fsp3) is 0.179. The van der Waals surface area contributed by atoms with E-state index < -0.39 is 6.03 Å². The number of halogens is 2. The molecule has 1 aromatic heterocycles. The van der Waals surface area contributed by atoms with Crippen LogP contribution in [-0.2, 0) is 4.79 Å². The predicted molar refractivity (Wildman–Crippen MR) is 150 cm³/mol. The summed E-state index contributed by atoms with van der Waals surface area (Å²) in [7, 11) is 0. The van der Waals surface area contributed by atoms with Crippen LogP contribution in [0.15, 0.2) is 72.8 Å². The van der Waals surface area contributed by atoms with Gasteiger partial charge in [0.2, 0.25) is 5.91 Å². The molecule has 0 saturated heterocycles. The fourth-order valence-electron chi connectivity index (χ4n) is 4.02. The molecule has 0 radical (unpaired) electrons. The number of nitrogens with zero attached hydrogens (tertiary/aromatic N) is 3. The summed E-state index contributed by atoms with van der Waals surface area (Å²) in [6.07, 6.45) is 0. The largest absolute Gasteiger partial charge is 0.322 e. The van der Waals surface area contributed by atoms with Crippen LogP contribution in [-0.4, -0.2) is 39.7 Å². The number of carbonyl (C=O) groups excluding carboxylic acids is 2. The molecule has 4 rings (SSSR count). The van der Waals surface area contributed by atoms with Crippen molar-refractivity contribution in [2.75, 3.05) is 23.7 Å². The van der Waals surface area contributed by atoms with Crippen LogP contribution >= 0.6 is 23.2 Å². The average Bonchev–Trinajstić information content (AvgIpc) is 3.20. The summed E-state index contributed by atoms with van der Waals surface area (Å²) in [5.74, 6) is 0.196. The van der Waals surface area contributed by atoms with E-state index in [0.717, 1.165) is 28.1 Å². The molecule has 0 spiro atoms. The Kier molecular flexibility index (Phi) is 8.16. The molecule has 0 aliphatic heterocycles. The van der Waals surface area contributed by atoms with Crippen molar-refractivity contribution in [3.8, 4) is 16.8 Å². The van der Waals surface area contributed by atoms with Crippen molar-refractivity contribution in [1.29, 1.82) is 0 Å². The van der Waals surface area contributed by atoms with E-state index in [1.54, 1.807) is 29.8 Å². The van der Waals surface area contributed by atoms with Gasteiger partial charge >= 0.3 is 6.03 Å². The minimum absolute atomic E-state index is 0.157.